The Labute approximate surface area is 189 Å². The van der Waals surface area contributed by atoms with Gasteiger partial charge in [-0.3, -0.25) is 9.69 Å². The predicted molar refractivity (Wildman–Crippen MR) is 123 cm³/mol. The molecule has 0 aliphatic carbocycles. The largest absolute Gasteiger partial charge is 0.507 e. The third-order valence-corrected chi connectivity index (χ3v) is 6.61. The van der Waals surface area contributed by atoms with E-state index in [1.165, 1.54) is 6.42 Å². The molecular formula is C25H24BrNO4. The van der Waals surface area contributed by atoms with Crippen LogP contribution in [0.15, 0.2) is 45.0 Å². The summed E-state index contributed by atoms with van der Waals surface area (Å²) < 4.78 is 12.9. The van der Waals surface area contributed by atoms with Crippen LogP contribution in [0.5, 0.6) is 11.5 Å². The summed E-state index contributed by atoms with van der Waals surface area (Å²) in [7, 11) is 0. The smallest absolute Gasteiger partial charge is 0.232 e. The first-order valence-corrected chi connectivity index (χ1v) is 11.4. The Morgan fingerprint density at radius 2 is 2.13 bits per heavy atom. The molecule has 2 aliphatic heterocycles. The molecular weight excluding hydrogens is 458 g/mol. The highest BCUT2D eigenvalue weighted by atomic mass is 79.9. The number of hydrogen-bond acceptors (Lipinski definition) is 5. The summed E-state index contributed by atoms with van der Waals surface area (Å²) in [5.74, 6) is 1.87. The molecule has 1 aromatic heterocycles. The van der Waals surface area contributed by atoms with Crippen LogP contribution in [0.3, 0.4) is 0 Å². The van der Waals surface area contributed by atoms with E-state index < -0.39 is 0 Å². The van der Waals surface area contributed by atoms with E-state index in [1.54, 1.807) is 12.1 Å². The Kier molecular flexibility index (Phi) is 5.15. The van der Waals surface area contributed by atoms with Crippen molar-refractivity contribution in [2.75, 3.05) is 13.1 Å². The number of ether oxygens (including phenoxy) is 1. The molecule has 5 nitrogen and oxygen atoms in total. The van der Waals surface area contributed by atoms with Crippen LogP contribution in [0.2, 0.25) is 0 Å². The molecule has 5 rings (SSSR count). The van der Waals surface area contributed by atoms with Crippen molar-refractivity contribution in [3.05, 3.63) is 63.0 Å². The second-order valence-electron chi connectivity index (χ2n) is 8.65. The Morgan fingerprint density at radius 1 is 1.29 bits per heavy atom. The van der Waals surface area contributed by atoms with Crippen LogP contribution < -0.4 is 4.74 Å². The first kappa shape index (κ1) is 20.3. The fourth-order valence-electron chi connectivity index (χ4n) is 4.62. The lowest BCUT2D eigenvalue weighted by Gasteiger charge is -2.31. The first-order valence-electron chi connectivity index (χ1n) is 10.6. The number of halogens is 1. The van der Waals surface area contributed by atoms with Gasteiger partial charge in [0, 0.05) is 29.0 Å². The lowest BCUT2D eigenvalue weighted by molar-refractivity contribution is 0.101. The van der Waals surface area contributed by atoms with Gasteiger partial charge in [-0.2, -0.15) is 0 Å². The number of furan rings is 1. The number of ketones is 1. The number of allylic oxidation sites excluding steroid dienone is 1. The van der Waals surface area contributed by atoms with Crippen molar-refractivity contribution in [1.29, 1.82) is 0 Å². The normalized spacial score (nSPS) is 20.4. The number of hydrogen-bond donors (Lipinski definition) is 1. The number of likely N-dealkylation sites (tertiary alicyclic amines) is 1. The molecule has 1 N–H and O–H groups in total. The van der Waals surface area contributed by atoms with E-state index in [9.17, 15) is 9.90 Å². The number of benzene rings is 2. The molecule has 0 spiro atoms. The van der Waals surface area contributed by atoms with Crippen molar-refractivity contribution in [3.63, 3.8) is 0 Å². The number of piperidine rings is 1. The molecule has 31 heavy (non-hydrogen) atoms. The van der Waals surface area contributed by atoms with Gasteiger partial charge in [-0.25, -0.2) is 0 Å². The number of aryl methyl sites for hydroxylation is 1. The summed E-state index contributed by atoms with van der Waals surface area (Å²) in [5, 5.41) is 11.6. The average molecular weight is 482 g/mol. The maximum Gasteiger partial charge on any atom is 0.232 e. The Balaban J connectivity index is 1.50. The van der Waals surface area contributed by atoms with Gasteiger partial charge in [0.05, 0.1) is 11.1 Å². The van der Waals surface area contributed by atoms with Gasteiger partial charge in [0.25, 0.3) is 0 Å². The van der Waals surface area contributed by atoms with E-state index in [0.29, 0.717) is 40.7 Å². The molecule has 160 valence electrons. The summed E-state index contributed by atoms with van der Waals surface area (Å²) in [6.45, 7) is 6.61. The summed E-state index contributed by atoms with van der Waals surface area (Å²) in [5.41, 5.74) is 2.67. The number of carbonyl (C=O) groups is 1. The minimum Gasteiger partial charge on any atom is -0.507 e. The summed E-state index contributed by atoms with van der Waals surface area (Å²) in [4.78, 5) is 15.5. The fourth-order valence-corrected chi connectivity index (χ4v) is 5.00. The first-order chi connectivity index (χ1) is 14.9. The monoisotopic (exact) mass is 481 g/mol. The number of rotatable bonds is 3. The molecule has 2 aliphatic rings. The summed E-state index contributed by atoms with van der Waals surface area (Å²) >= 11 is 3.46. The average Bonchev–Trinajstić information content (AvgIpc) is 3.26. The van der Waals surface area contributed by atoms with Gasteiger partial charge in [0.2, 0.25) is 5.78 Å². The van der Waals surface area contributed by atoms with Gasteiger partial charge in [-0.1, -0.05) is 22.9 Å². The quantitative estimate of drug-likeness (QED) is 0.460. The third-order valence-electron chi connectivity index (χ3n) is 6.11. The van der Waals surface area contributed by atoms with Crippen LogP contribution in [0.4, 0.5) is 0 Å². The number of fused-ring (bicyclic) bond motifs is 2. The fraction of sp³-hybridized carbons (Fsp3) is 0.320. The van der Waals surface area contributed by atoms with Gasteiger partial charge < -0.3 is 14.3 Å². The molecule has 0 unspecified atom stereocenters. The van der Waals surface area contributed by atoms with Gasteiger partial charge >= 0.3 is 0 Å². The van der Waals surface area contributed by atoms with Crippen LogP contribution in [0, 0.1) is 12.8 Å². The van der Waals surface area contributed by atoms with Crippen molar-refractivity contribution in [1.82, 2.24) is 4.90 Å². The van der Waals surface area contributed by atoms with Crippen molar-refractivity contribution >= 4 is 38.8 Å². The Morgan fingerprint density at radius 3 is 2.94 bits per heavy atom. The predicted octanol–water partition coefficient (Wildman–Crippen LogP) is 6.06. The van der Waals surface area contributed by atoms with Crippen LogP contribution in [-0.4, -0.2) is 28.9 Å². The van der Waals surface area contributed by atoms with E-state index >= 15 is 0 Å². The molecule has 0 amide bonds. The molecule has 6 heteroatoms. The maximum absolute atomic E-state index is 13.2. The van der Waals surface area contributed by atoms with Gasteiger partial charge in [0.1, 0.15) is 22.8 Å². The van der Waals surface area contributed by atoms with Gasteiger partial charge in [0.15, 0.2) is 5.76 Å². The lowest BCUT2D eigenvalue weighted by atomic mass is 9.97. The highest BCUT2D eigenvalue weighted by molar-refractivity contribution is 9.10. The van der Waals surface area contributed by atoms with Crippen LogP contribution >= 0.6 is 15.9 Å². The number of nitrogens with zero attached hydrogens (tertiary/aromatic N) is 1. The zero-order valence-corrected chi connectivity index (χ0v) is 19.2. The van der Waals surface area contributed by atoms with Crippen LogP contribution in [-0.2, 0) is 6.54 Å². The van der Waals surface area contributed by atoms with E-state index in [4.69, 9.17) is 9.15 Å². The van der Waals surface area contributed by atoms with Crippen molar-refractivity contribution in [2.24, 2.45) is 5.92 Å². The molecule has 2 aromatic carbocycles. The van der Waals surface area contributed by atoms with E-state index in [0.717, 1.165) is 35.0 Å². The third kappa shape index (κ3) is 3.79. The Hall–Kier alpha value is -2.57. The molecule has 0 saturated carbocycles. The second-order valence-corrected chi connectivity index (χ2v) is 9.56. The lowest BCUT2D eigenvalue weighted by Crippen LogP contribution is -2.33. The molecule has 0 bridgehead atoms. The number of phenolic OH excluding ortho intramolecular Hbond substituents is 1. The van der Waals surface area contributed by atoms with Gasteiger partial charge in [-0.05, 0) is 68.1 Å². The standard InChI is InChI=1S/C25H24BrNO4/c1-14-4-3-7-27(12-14)13-19-20(28)8-15(2)23-24(29)22(31-25(19)23)11-18-10-16-9-17(26)5-6-21(16)30-18/h5-6,8-11,14,28H,3-4,7,12-13H2,1-2H3/t14-/m0/s1. The van der Waals surface area contributed by atoms with E-state index in [1.807, 2.05) is 31.2 Å². The molecule has 0 radical (unpaired) electrons. The highest BCUT2D eigenvalue weighted by Crippen LogP contribution is 2.42. The van der Waals surface area contributed by atoms with E-state index in [2.05, 4.69) is 27.8 Å². The number of phenols is 1. The molecule has 1 atom stereocenters. The number of aromatic hydroxyl groups is 1. The highest BCUT2D eigenvalue weighted by Gasteiger charge is 2.34. The van der Waals surface area contributed by atoms with Crippen LogP contribution in [0.1, 0.15) is 47.0 Å². The molecule has 1 fully saturated rings. The number of carbonyl (C=O) groups excluding carboxylic acids is 1. The maximum atomic E-state index is 13.2. The number of Topliss-reactive ketones (excluding diaryl/α,β-unsaturated/α-hetero) is 1. The Bertz CT molecular complexity index is 1230. The van der Waals surface area contributed by atoms with E-state index in [-0.39, 0.29) is 17.3 Å². The molecule has 3 aromatic rings. The zero-order chi connectivity index (χ0) is 21.7. The molecule has 1 saturated heterocycles. The minimum atomic E-state index is -0.178. The van der Waals surface area contributed by atoms with Crippen molar-refractivity contribution in [3.8, 4) is 11.5 Å². The van der Waals surface area contributed by atoms with Gasteiger partial charge in [-0.15, -0.1) is 0 Å². The summed E-state index contributed by atoms with van der Waals surface area (Å²) in [6, 6.07) is 9.31. The second kappa shape index (κ2) is 7.84. The topological polar surface area (TPSA) is 62.9 Å². The summed E-state index contributed by atoms with van der Waals surface area (Å²) in [6.07, 6.45) is 4.01. The van der Waals surface area contributed by atoms with Crippen molar-refractivity contribution in [2.45, 2.75) is 33.2 Å². The van der Waals surface area contributed by atoms with Crippen LogP contribution in [0.25, 0.3) is 17.0 Å². The zero-order valence-electron chi connectivity index (χ0n) is 17.6. The van der Waals surface area contributed by atoms with Crippen molar-refractivity contribution < 1.29 is 19.1 Å². The minimum absolute atomic E-state index is 0.178. The SMILES string of the molecule is Cc1cc(O)c(CN2CCC[C@H](C)C2)c2c1C(=O)C(=Cc1cc3cc(Br)ccc3o1)O2. The molecule has 3 heterocycles.